The monoisotopic (exact) mass is 390 g/mol. The van der Waals surface area contributed by atoms with Crippen LogP contribution in [0, 0.1) is 13.8 Å². The first kappa shape index (κ1) is 17.3. The summed E-state index contributed by atoms with van der Waals surface area (Å²) in [6, 6.07) is 5.74. The van der Waals surface area contributed by atoms with Gasteiger partial charge in [-0.15, -0.1) is 0 Å². The Bertz CT molecular complexity index is 1110. The van der Waals surface area contributed by atoms with Crippen LogP contribution in [0.1, 0.15) is 23.4 Å². The number of rotatable bonds is 3. The number of benzene rings is 1. The van der Waals surface area contributed by atoms with E-state index in [1.807, 2.05) is 30.5 Å². The van der Waals surface area contributed by atoms with Crippen LogP contribution in [0.25, 0.3) is 16.5 Å². The lowest BCUT2D eigenvalue weighted by Gasteiger charge is -2.26. The molecule has 1 aliphatic heterocycles. The molecule has 0 amide bonds. The van der Waals surface area contributed by atoms with Crippen LogP contribution in [-0.4, -0.2) is 41.0 Å². The van der Waals surface area contributed by atoms with E-state index in [9.17, 15) is 8.42 Å². The number of H-pyrrole nitrogens is 2. The van der Waals surface area contributed by atoms with Crippen LogP contribution < -0.4 is 0 Å². The zero-order valence-electron chi connectivity index (χ0n) is 14.5. The summed E-state index contributed by atoms with van der Waals surface area (Å²) < 4.78 is 27.4. The quantitative estimate of drug-likeness (QED) is 0.716. The molecule has 0 bridgehead atoms. The minimum Gasteiger partial charge on any atom is -0.361 e. The van der Waals surface area contributed by atoms with Gasteiger partial charge >= 0.3 is 0 Å². The van der Waals surface area contributed by atoms with E-state index >= 15 is 0 Å². The number of sulfonamides is 1. The highest BCUT2D eigenvalue weighted by Crippen LogP contribution is 2.32. The van der Waals surface area contributed by atoms with E-state index in [0.29, 0.717) is 35.9 Å². The molecule has 26 heavy (non-hydrogen) atoms. The van der Waals surface area contributed by atoms with Gasteiger partial charge in [0.05, 0.1) is 11.4 Å². The SMILES string of the molecule is Cc1n[nH]c(C)c1S(=O)(=O)N1CC=C(c2c[nH]c3ccc(Cl)cc23)CC1. The van der Waals surface area contributed by atoms with Crippen LogP contribution in [0.4, 0.5) is 0 Å². The summed E-state index contributed by atoms with van der Waals surface area (Å²) >= 11 is 6.13. The fourth-order valence-electron chi connectivity index (χ4n) is 3.52. The summed E-state index contributed by atoms with van der Waals surface area (Å²) in [6.45, 7) is 4.21. The Balaban J connectivity index is 1.65. The lowest BCUT2D eigenvalue weighted by molar-refractivity contribution is 0.440. The molecule has 0 radical (unpaired) electrons. The molecule has 0 atom stereocenters. The second-order valence-corrected chi connectivity index (χ2v) is 8.81. The van der Waals surface area contributed by atoms with E-state index in [-0.39, 0.29) is 4.90 Å². The highest BCUT2D eigenvalue weighted by Gasteiger charge is 2.31. The first-order valence-electron chi connectivity index (χ1n) is 8.35. The average Bonchev–Trinajstić information content (AvgIpc) is 3.18. The summed E-state index contributed by atoms with van der Waals surface area (Å²) in [5.41, 5.74) is 4.30. The van der Waals surface area contributed by atoms with Crippen LogP contribution in [0.3, 0.4) is 0 Å². The van der Waals surface area contributed by atoms with Crippen molar-refractivity contribution >= 4 is 38.1 Å². The molecule has 0 spiro atoms. The first-order chi connectivity index (χ1) is 12.4. The van der Waals surface area contributed by atoms with Gasteiger partial charge in [-0.25, -0.2) is 8.42 Å². The predicted molar refractivity (Wildman–Crippen MR) is 103 cm³/mol. The van der Waals surface area contributed by atoms with E-state index < -0.39 is 10.0 Å². The molecular formula is C18H19ClN4O2S. The van der Waals surface area contributed by atoms with Crippen molar-refractivity contribution < 1.29 is 8.42 Å². The molecule has 3 aromatic rings. The van der Waals surface area contributed by atoms with E-state index in [1.54, 1.807) is 13.8 Å². The van der Waals surface area contributed by atoms with Crippen molar-refractivity contribution in [2.24, 2.45) is 0 Å². The normalized spacial score (nSPS) is 16.2. The highest BCUT2D eigenvalue weighted by molar-refractivity contribution is 7.89. The summed E-state index contributed by atoms with van der Waals surface area (Å²) in [4.78, 5) is 3.53. The van der Waals surface area contributed by atoms with Crippen molar-refractivity contribution in [3.63, 3.8) is 0 Å². The van der Waals surface area contributed by atoms with Crippen molar-refractivity contribution in [1.29, 1.82) is 0 Å². The second kappa shape index (κ2) is 6.26. The fraction of sp³-hybridized carbons (Fsp3) is 0.278. The van der Waals surface area contributed by atoms with Gasteiger partial charge in [-0.1, -0.05) is 17.7 Å². The van der Waals surface area contributed by atoms with Gasteiger partial charge in [0, 0.05) is 40.8 Å². The molecule has 1 aromatic carbocycles. The van der Waals surface area contributed by atoms with Crippen molar-refractivity contribution in [3.05, 3.63) is 52.4 Å². The molecule has 4 rings (SSSR count). The summed E-state index contributed by atoms with van der Waals surface area (Å²) in [5, 5.41) is 8.51. The van der Waals surface area contributed by atoms with E-state index in [4.69, 9.17) is 11.6 Å². The zero-order valence-corrected chi connectivity index (χ0v) is 16.1. The summed E-state index contributed by atoms with van der Waals surface area (Å²) in [6.07, 6.45) is 4.59. The van der Waals surface area contributed by atoms with Crippen LogP contribution in [-0.2, 0) is 10.0 Å². The minimum absolute atomic E-state index is 0.285. The number of fused-ring (bicyclic) bond motifs is 1. The number of nitrogens with zero attached hydrogens (tertiary/aromatic N) is 2. The molecular weight excluding hydrogens is 372 g/mol. The molecule has 6 nitrogen and oxygen atoms in total. The Hall–Kier alpha value is -2.09. The number of aromatic nitrogens is 3. The smallest absolute Gasteiger partial charge is 0.247 e. The number of nitrogens with one attached hydrogen (secondary N) is 2. The zero-order chi connectivity index (χ0) is 18.5. The van der Waals surface area contributed by atoms with Crippen LogP contribution in [0.5, 0.6) is 0 Å². The van der Waals surface area contributed by atoms with Gasteiger partial charge in [0.2, 0.25) is 10.0 Å². The lowest BCUT2D eigenvalue weighted by Crippen LogP contribution is -2.35. The van der Waals surface area contributed by atoms with Gasteiger partial charge in [-0.05, 0) is 44.0 Å². The number of hydrogen-bond acceptors (Lipinski definition) is 3. The van der Waals surface area contributed by atoms with Crippen LogP contribution in [0.15, 0.2) is 35.4 Å². The standard InChI is InChI=1S/C18H19ClN4O2S/c1-11-18(12(2)22-21-11)26(24,25)23-7-5-13(6-8-23)16-10-20-17-4-3-14(19)9-15(16)17/h3-5,9-10,20H,6-8H2,1-2H3,(H,21,22). The Morgan fingerprint density at radius 1 is 1.27 bits per heavy atom. The second-order valence-electron chi connectivity index (χ2n) is 6.50. The van der Waals surface area contributed by atoms with Crippen molar-refractivity contribution in [1.82, 2.24) is 19.5 Å². The van der Waals surface area contributed by atoms with Crippen molar-refractivity contribution in [2.75, 3.05) is 13.1 Å². The van der Waals surface area contributed by atoms with Gasteiger partial charge in [-0.3, -0.25) is 5.10 Å². The third-order valence-corrected chi connectivity index (χ3v) is 7.18. The highest BCUT2D eigenvalue weighted by atomic mass is 35.5. The molecule has 0 saturated carbocycles. The molecule has 0 fully saturated rings. The van der Waals surface area contributed by atoms with Gasteiger partial charge in [-0.2, -0.15) is 9.40 Å². The Kier molecular flexibility index (Phi) is 4.17. The number of aryl methyl sites for hydroxylation is 2. The van der Waals surface area contributed by atoms with Crippen molar-refractivity contribution in [2.45, 2.75) is 25.2 Å². The Morgan fingerprint density at radius 3 is 2.73 bits per heavy atom. The molecule has 1 aliphatic rings. The van der Waals surface area contributed by atoms with E-state index in [0.717, 1.165) is 22.0 Å². The third kappa shape index (κ3) is 2.76. The van der Waals surface area contributed by atoms with Gasteiger partial charge < -0.3 is 4.98 Å². The Labute approximate surface area is 156 Å². The minimum atomic E-state index is -3.56. The predicted octanol–water partition coefficient (Wildman–Crippen LogP) is 3.64. The largest absolute Gasteiger partial charge is 0.361 e. The summed E-state index contributed by atoms with van der Waals surface area (Å²) in [5.74, 6) is 0. The lowest BCUT2D eigenvalue weighted by atomic mass is 10.00. The summed E-state index contributed by atoms with van der Waals surface area (Å²) in [7, 11) is -3.56. The molecule has 0 saturated heterocycles. The maximum Gasteiger partial charge on any atom is 0.247 e. The molecule has 2 aromatic heterocycles. The topological polar surface area (TPSA) is 81.8 Å². The number of hydrogen-bond donors (Lipinski definition) is 2. The van der Waals surface area contributed by atoms with Gasteiger partial charge in [0.25, 0.3) is 0 Å². The van der Waals surface area contributed by atoms with Gasteiger partial charge in [0.1, 0.15) is 4.90 Å². The molecule has 0 aliphatic carbocycles. The molecule has 8 heteroatoms. The maximum absolute atomic E-state index is 13.0. The van der Waals surface area contributed by atoms with Crippen LogP contribution in [0.2, 0.25) is 5.02 Å². The fourth-order valence-corrected chi connectivity index (χ4v) is 5.41. The van der Waals surface area contributed by atoms with E-state index in [1.165, 1.54) is 4.31 Å². The molecule has 2 N–H and O–H groups in total. The number of aromatic amines is 2. The first-order valence-corrected chi connectivity index (χ1v) is 10.2. The third-order valence-electron chi connectivity index (χ3n) is 4.82. The number of halogens is 1. The van der Waals surface area contributed by atoms with Crippen LogP contribution >= 0.6 is 11.6 Å². The maximum atomic E-state index is 13.0. The average molecular weight is 391 g/mol. The molecule has 0 unspecified atom stereocenters. The van der Waals surface area contributed by atoms with Gasteiger partial charge in [0.15, 0.2) is 0 Å². The molecule has 136 valence electrons. The van der Waals surface area contributed by atoms with E-state index in [2.05, 4.69) is 15.2 Å². The Morgan fingerprint density at radius 2 is 2.08 bits per heavy atom. The molecule has 3 heterocycles. The van der Waals surface area contributed by atoms with Crippen molar-refractivity contribution in [3.8, 4) is 0 Å².